The van der Waals surface area contributed by atoms with Crippen molar-refractivity contribution in [3.05, 3.63) is 28.8 Å². The van der Waals surface area contributed by atoms with Gasteiger partial charge in [0.05, 0.1) is 0 Å². The first-order valence-corrected chi connectivity index (χ1v) is 5.31. The van der Waals surface area contributed by atoms with Gasteiger partial charge in [0.15, 0.2) is 6.10 Å². The first kappa shape index (κ1) is 13.3. The number of imide groups is 1. The topological polar surface area (TPSA) is 81.4 Å². The lowest BCUT2D eigenvalue weighted by Gasteiger charge is -2.14. The highest BCUT2D eigenvalue weighted by Crippen LogP contribution is 2.21. The van der Waals surface area contributed by atoms with Gasteiger partial charge >= 0.3 is 6.03 Å². The van der Waals surface area contributed by atoms with E-state index in [1.807, 2.05) is 12.2 Å². The molecular weight excluding hydrogens is 244 g/mol. The van der Waals surface area contributed by atoms with E-state index in [0.29, 0.717) is 10.8 Å². The molecule has 0 fully saturated rings. The predicted octanol–water partition coefficient (Wildman–Crippen LogP) is 1.61. The molecule has 1 aromatic carbocycles. The highest BCUT2D eigenvalue weighted by atomic mass is 35.5. The number of carbonyl (C=O) groups is 2. The number of primary amides is 1. The molecule has 0 aliphatic heterocycles. The normalized spacial score (nSPS) is 11.7. The average Bonchev–Trinajstić information content (AvgIpc) is 2.22. The van der Waals surface area contributed by atoms with Crippen molar-refractivity contribution in [2.24, 2.45) is 5.73 Å². The maximum Gasteiger partial charge on any atom is 0.318 e. The summed E-state index contributed by atoms with van der Waals surface area (Å²) in [5.41, 5.74) is 5.66. The van der Waals surface area contributed by atoms with Gasteiger partial charge in [-0.25, -0.2) is 4.79 Å². The van der Waals surface area contributed by atoms with E-state index < -0.39 is 18.0 Å². The molecule has 0 saturated heterocycles. The molecule has 0 aromatic heterocycles. The minimum Gasteiger partial charge on any atom is -0.481 e. The van der Waals surface area contributed by atoms with E-state index in [1.165, 1.54) is 6.92 Å². The molecule has 0 saturated carbocycles. The molecule has 0 aliphatic carbocycles. The van der Waals surface area contributed by atoms with Crippen LogP contribution < -0.4 is 15.8 Å². The van der Waals surface area contributed by atoms with Crippen LogP contribution in [-0.4, -0.2) is 18.0 Å². The fraction of sp³-hybridized carbons (Fsp3) is 0.273. The zero-order valence-electron chi connectivity index (χ0n) is 9.49. The van der Waals surface area contributed by atoms with E-state index in [-0.39, 0.29) is 0 Å². The summed E-state index contributed by atoms with van der Waals surface area (Å²) in [6.07, 6.45) is -0.817. The van der Waals surface area contributed by atoms with E-state index in [4.69, 9.17) is 22.1 Å². The lowest BCUT2D eigenvalue weighted by Crippen LogP contribution is -2.42. The summed E-state index contributed by atoms with van der Waals surface area (Å²) in [6, 6.07) is 4.11. The van der Waals surface area contributed by atoms with Crippen LogP contribution in [0.4, 0.5) is 4.79 Å². The highest BCUT2D eigenvalue weighted by Gasteiger charge is 2.16. The lowest BCUT2D eigenvalue weighted by molar-refractivity contribution is -0.126. The van der Waals surface area contributed by atoms with Crippen LogP contribution >= 0.6 is 11.6 Å². The molecule has 0 unspecified atom stereocenters. The van der Waals surface area contributed by atoms with Crippen LogP contribution in [0.1, 0.15) is 12.5 Å². The van der Waals surface area contributed by atoms with Crippen LogP contribution in [0, 0.1) is 6.92 Å². The zero-order valence-corrected chi connectivity index (χ0v) is 10.2. The second-order valence-corrected chi connectivity index (χ2v) is 3.93. The summed E-state index contributed by atoms with van der Waals surface area (Å²) >= 11 is 5.85. The van der Waals surface area contributed by atoms with E-state index in [9.17, 15) is 9.59 Å². The molecule has 0 spiro atoms. The molecule has 3 N–H and O–H groups in total. The molecule has 5 nitrogen and oxygen atoms in total. The van der Waals surface area contributed by atoms with Crippen LogP contribution in [0.5, 0.6) is 5.75 Å². The van der Waals surface area contributed by atoms with Crippen molar-refractivity contribution in [1.29, 1.82) is 0 Å². The van der Waals surface area contributed by atoms with Crippen LogP contribution in [0.25, 0.3) is 0 Å². The Kier molecular flexibility index (Phi) is 4.34. The molecular formula is C11H13ClN2O3. The molecule has 92 valence electrons. The fourth-order valence-electron chi connectivity index (χ4n) is 1.17. The molecule has 1 rings (SSSR count). The van der Waals surface area contributed by atoms with Gasteiger partial charge in [0.1, 0.15) is 5.75 Å². The van der Waals surface area contributed by atoms with Gasteiger partial charge in [0, 0.05) is 5.02 Å². The molecule has 0 aliphatic rings. The summed E-state index contributed by atoms with van der Waals surface area (Å²) in [5.74, 6) is -0.0934. The second-order valence-electron chi connectivity index (χ2n) is 3.52. The molecule has 0 radical (unpaired) electrons. The van der Waals surface area contributed by atoms with Crippen molar-refractivity contribution < 1.29 is 14.3 Å². The third-order valence-corrected chi connectivity index (χ3v) is 2.48. The van der Waals surface area contributed by atoms with Crippen molar-refractivity contribution in [1.82, 2.24) is 5.32 Å². The number of hydrogen-bond donors (Lipinski definition) is 2. The molecule has 0 heterocycles. The monoisotopic (exact) mass is 256 g/mol. The van der Waals surface area contributed by atoms with Crippen LogP contribution in [0.2, 0.25) is 5.02 Å². The van der Waals surface area contributed by atoms with Gasteiger partial charge in [-0.05, 0) is 37.6 Å². The number of urea groups is 1. The number of halogens is 1. The van der Waals surface area contributed by atoms with Crippen molar-refractivity contribution in [2.45, 2.75) is 20.0 Å². The summed E-state index contributed by atoms with van der Waals surface area (Å²) in [5, 5.41) is 2.55. The van der Waals surface area contributed by atoms with Crippen molar-refractivity contribution in [2.75, 3.05) is 0 Å². The first-order valence-electron chi connectivity index (χ1n) is 4.93. The smallest absolute Gasteiger partial charge is 0.318 e. The average molecular weight is 257 g/mol. The number of rotatable bonds is 3. The number of amides is 3. The third-order valence-electron chi connectivity index (χ3n) is 2.06. The van der Waals surface area contributed by atoms with Crippen LogP contribution in [0.15, 0.2) is 18.2 Å². The van der Waals surface area contributed by atoms with Gasteiger partial charge in [-0.15, -0.1) is 0 Å². The Balaban J connectivity index is 2.67. The van der Waals surface area contributed by atoms with E-state index in [0.717, 1.165) is 5.56 Å². The predicted molar refractivity (Wildman–Crippen MR) is 64.0 cm³/mol. The summed E-state index contributed by atoms with van der Waals surface area (Å²) < 4.78 is 5.33. The van der Waals surface area contributed by atoms with Crippen molar-refractivity contribution in [3.63, 3.8) is 0 Å². The second kappa shape index (κ2) is 5.54. The number of benzene rings is 1. The number of hydrogen-bond acceptors (Lipinski definition) is 3. The Morgan fingerprint density at radius 3 is 2.65 bits per heavy atom. The Bertz CT molecular complexity index is 448. The van der Waals surface area contributed by atoms with Gasteiger partial charge in [0.25, 0.3) is 5.91 Å². The lowest BCUT2D eigenvalue weighted by atomic mass is 10.2. The van der Waals surface area contributed by atoms with Gasteiger partial charge in [-0.3, -0.25) is 10.1 Å². The summed E-state index contributed by atoms with van der Waals surface area (Å²) in [6.45, 7) is 3.34. The number of carbonyl (C=O) groups excluding carboxylic acids is 2. The van der Waals surface area contributed by atoms with Crippen molar-refractivity contribution >= 4 is 23.5 Å². The highest BCUT2D eigenvalue weighted by molar-refractivity contribution is 6.31. The molecule has 1 aromatic rings. The number of aryl methyl sites for hydroxylation is 1. The molecule has 6 heteroatoms. The van der Waals surface area contributed by atoms with Crippen LogP contribution in [-0.2, 0) is 4.79 Å². The zero-order chi connectivity index (χ0) is 13.0. The standard InChI is InChI=1S/C11H13ClN2O3/c1-6-5-8(3-4-9(6)12)17-7(2)10(15)14-11(13)16/h3-5,7H,1-2H3,(H3,13,14,15,16)/t7-/m1/s1. The first-order chi connectivity index (χ1) is 7.90. The third kappa shape index (κ3) is 3.96. The maximum absolute atomic E-state index is 11.3. The summed E-state index contributed by atoms with van der Waals surface area (Å²) in [7, 11) is 0. The Labute approximate surface area is 104 Å². The largest absolute Gasteiger partial charge is 0.481 e. The fourth-order valence-corrected chi connectivity index (χ4v) is 1.29. The van der Waals surface area contributed by atoms with E-state index in [1.54, 1.807) is 18.2 Å². The Hall–Kier alpha value is -1.75. The minimum absolute atomic E-state index is 0.499. The van der Waals surface area contributed by atoms with Gasteiger partial charge in [0.2, 0.25) is 0 Å². The van der Waals surface area contributed by atoms with Gasteiger partial charge in [-0.1, -0.05) is 11.6 Å². The van der Waals surface area contributed by atoms with Crippen LogP contribution in [0.3, 0.4) is 0 Å². The Morgan fingerprint density at radius 1 is 1.47 bits per heavy atom. The van der Waals surface area contributed by atoms with Crippen molar-refractivity contribution in [3.8, 4) is 5.75 Å². The quantitative estimate of drug-likeness (QED) is 0.862. The number of nitrogens with one attached hydrogen (secondary N) is 1. The van der Waals surface area contributed by atoms with E-state index >= 15 is 0 Å². The molecule has 3 amide bonds. The molecule has 17 heavy (non-hydrogen) atoms. The Morgan fingerprint density at radius 2 is 2.12 bits per heavy atom. The van der Waals surface area contributed by atoms with Gasteiger partial charge in [-0.2, -0.15) is 0 Å². The SMILES string of the molecule is Cc1cc(O[C@H](C)C(=O)NC(N)=O)ccc1Cl. The van der Waals surface area contributed by atoms with Gasteiger partial charge < -0.3 is 10.5 Å². The number of ether oxygens (including phenoxy) is 1. The minimum atomic E-state index is -0.905. The number of nitrogens with two attached hydrogens (primary N) is 1. The molecule has 1 atom stereocenters. The molecule has 0 bridgehead atoms. The van der Waals surface area contributed by atoms with E-state index in [2.05, 4.69) is 0 Å². The maximum atomic E-state index is 11.3. The summed E-state index contributed by atoms with van der Waals surface area (Å²) in [4.78, 5) is 21.8.